The number of carbonyl (C=O) groups excluding carboxylic acids is 3. The van der Waals surface area contributed by atoms with Crippen LogP contribution in [0.25, 0.3) is 0 Å². The number of nitrogens with zero attached hydrogens (tertiary/aromatic N) is 1. The Hall–Kier alpha value is -2.95. The van der Waals surface area contributed by atoms with Crippen molar-refractivity contribution in [3.63, 3.8) is 0 Å². The molecule has 26 heavy (non-hydrogen) atoms. The maximum absolute atomic E-state index is 12.2. The van der Waals surface area contributed by atoms with Crippen LogP contribution in [0, 0.1) is 13.8 Å². The molecule has 0 unspecified atom stereocenters. The van der Waals surface area contributed by atoms with Crippen LogP contribution in [0.4, 0.5) is 0 Å². The summed E-state index contributed by atoms with van der Waals surface area (Å²) < 4.78 is 0. The van der Waals surface area contributed by atoms with E-state index < -0.39 is 11.8 Å². The van der Waals surface area contributed by atoms with Gasteiger partial charge in [-0.05, 0) is 49.9 Å². The molecule has 0 spiro atoms. The molecule has 0 fully saturated rings. The highest BCUT2D eigenvalue weighted by molar-refractivity contribution is 6.22. The molecule has 0 saturated carbocycles. The van der Waals surface area contributed by atoms with Crippen LogP contribution in [0.1, 0.15) is 43.8 Å². The van der Waals surface area contributed by atoms with Crippen molar-refractivity contribution >= 4 is 17.7 Å². The predicted octanol–water partition coefficient (Wildman–Crippen LogP) is 2.65. The van der Waals surface area contributed by atoms with Gasteiger partial charge in [-0.1, -0.05) is 35.9 Å². The van der Waals surface area contributed by atoms with E-state index in [4.69, 9.17) is 0 Å². The first kappa shape index (κ1) is 17.9. The van der Waals surface area contributed by atoms with Crippen LogP contribution in [0.3, 0.4) is 0 Å². The second kappa shape index (κ2) is 7.52. The molecule has 0 atom stereocenters. The van der Waals surface area contributed by atoms with Gasteiger partial charge in [-0.3, -0.25) is 19.3 Å². The number of benzene rings is 2. The Balaban J connectivity index is 1.48. The summed E-state index contributed by atoms with van der Waals surface area (Å²) in [6.07, 6.45) is 1.68. The molecular weight excluding hydrogens is 328 g/mol. The van der Waals surface area contributed by atoms with Crippen LogP contribution in [0.15, 0.2) is 42.5 Å². The zero-order valence-electron chi connectivity index (χ0n) is 15.0. The van der Waals surface area contributed by atoms with Gasteiger partial charge in [0.05, 0.1) is 11.1 Å². The molecular formula is C21H22N2O3. The maximum Gasteiger partial charge on any atom is 0.262 e. The molecule has 0 aliphatic carbocycles. The van der Waals surface area contributed by atoms with Crippen molar-refractivity contribution < 1.29 is 14.4 Å². The molecule has 1 aliphatic heterocycles. The number of rotatable bonds is 6. The number of carbonyl (C=O) groups is 3. The molecule has 3 rings (SSSR count). The molecule has 5 nitrogen and oxygen atoms in total. The standard InChI is InChI=1S/C21H22N2O3/c1-14-9-10-16(15(2)12-14)6-5-11-22-19(24)13-23-20(25)17-7-3-4-8-18(17)21(23)26/h3-4,7-10,12H,5-6,11,13H2,1-2H3,(H,22,24). The summed E-state index contributed by atoms with van der Waals surface area (Å²) in [6, 6.07) is 13.0. The van der Waals surface area contributed by atoms with Gasteiger partial charge in [0.1, 0.15) is 6.54 Å². The summed E-state index contributed by atoms with van der Waals surface area (Å²) in [7, 11) is 0. The van der Waals surface area contributed by atoms with Gasteiger partial charge < -0.3 is 5.32 Å². The van der Waals surface area contributed by atoms with Crippen molar-refractivity contribution in [2.24, 2.45) is 0 Å². The van der Waals surface area contributed by atoms with E-state index in [2.05, 4.69) is 37.4 Å². The largest absolute Gasteiger partial charge is 0.355 e. The van der Waals surface area contributed by atoms with E-state index in [-0.39, 0.29) is 12.5 Å². The number of hydrogen-bond acceptors (Lipinski definition) is 3. The predicted molar refractivity (Wildman–Crippen MR) is 99.1 cm³/mol. The second-order valence-corrected chi connectivity index (χ2v) is 6.63. The smallest absolute Gasteiger partial charge is 0.262 e. The zero-order chi connectivity index (χ0) is 18.7. The first-order chi connectivity index (χ1) is 12.5. The van der Waals surface area contributed by atoms with E-state index >= 15 is 0 Å². The molecule has 0 bridgehead atoms. The Labute approximate surface area is 153 Å². The molecule has 134 valence electrons. The van der Waals surface area contributed by atoms with Crippen molar-refractivity contribution in [1.29, 1.82) is 0 Å². The molecule has 5 heteroatoms. The number of fused-ring (bicyclic) bond motifs is 1. The van der Waals surface area contributed by atoms with Crippen LogP contribution >= 0.6 is 0 Å². The van der Waals surface area contributed by atoms with Gasteiger partial charge in [-0.25, -0.2) is 0 Å². The van der Waals surface area contributed by atoms with Gasteiger partial charge in [0.2, 0.25) is 5.91 Å². The van der Waals surface area contributed by atoms with Crippen LogP contribution in [-0.4, -0.2) is 35.7 Å². The first-order valence-corrected chi connectivity index (χ1v) is 8.75. The minimum atomic E-state index is -0.406. The van der Waals surface area contributed by atoms with Crippen LogP contribution in [-0.2, 0) is 11.2 Å². The topological polar surface area (TPSA) is 66.5 Å². The third-order valence-corrected chi connectivity index (χ3v) is 4.62. The van der Waals surface area contributed by atoms with E-state index in [0.29, 0.717) is 17.7 Å². The average Bonchev–Trinajstić information content (AvgIpc) is 2.85. The average molecular weight is 350 g/mol. The molecule has 0 saturated heterocycles. The molecule has 1 heterocycles. The molecule has 0 radical (unpaired) electrons. The summed E-state index contributed by atoms with van der Waals surface area (Å²) in [5.74, 6) is -1.13. The number of amides is 3. The Bertz CT molecular complexity index is 838. The molecule has 0 aromatic heterocycles. The normalized spacial score (nSPS) is 13.1. The van der Waals surface area contributed by atoms with Crippen LogP contribution in [0.5, 0.6) is 0 Å². The second-order valence-electron chi connectivity index (χ2n) is 6.63. The van der Waals surface area contributed by atoms with Crippen molar-refractivity contribution in [2.45, 2.75) is 26.7 Å². The summed E-state index contributed by atoms with van der Waals surface area (Å²) >= 11 is 0. The van der Waals surface area contributed by atoms with Crippen LogP contribution in [0.2, 0.25) is 0 Å². The minimum Gasteiger partial charge on any atom is -0.355 e. The van der Waals surface area contributed by atoms with Gasteiger partial charge in [0.15, 0.2) is 0 Å². The molecule has 2 aromatic carbocycles. The lowest BCUT2D eigenvalue weighted by Crippen LogP contribution is -2.40. The third kappa shape index (κ3) is 3.67. The highest BCUT2D eigenvalue weighted by Gasteiger charge is 2.36. The quantitative estimate of drug-likeness (QED) is 0.643. The molecule has 1 N–H and O–H groups in total. The van der Waals surface area contributed by atoms with Crippen molar-refractivity contribution in [1.82, 2.24) is 10.2 Å². The summed E-state index contributed by atoms with van der Waals surface area (Å²) in [5, 5.41) is 2.79. The van der Waals surface area contributed by atoms with E-state index in [0.717, 1.165) is 17.7 Å². The van der Waals surface area contributed by atoms with E-state index in [1.807, 2.05) is 0 Å². The highest BCUT2D eigenvalue weighted by Crippen LogP contribution is 2.21. The maximum atomic E-state index is 12.2. The fourth-order valence-corrected chi connectivity index (χ4v) is 3.22. The number of aryl methyl sites for hydroxylation is 3. The number of hydrogen-bond donors (Lipinski definition) is 1. The summed E-state index contributed by atoms with van der Waals surface area (Å²) in [5.41, 5.74) is 4.48. The van der Waals surface area contributed by atoms with Crippen molar-refractivity contribution in [3.05, 3.63) is 70.3 Å². The van der Waals surface area contributed by atoms with E-state index in [9.17, 15) is 14.4 Å². The summed E-state index contributed by atoms with van der Waals surface area (Å²) in [6.45, 7) is 4.42. The van der Waals surface area contributed by atoms with Gasteiger partial charge in [0, 0.05) is 6.54 Å². The lowest BCUT2D eigenvalue weighted by atomic mass is 10.0. The van der Waals surface area contributed by atoms with Crippen LogP contribution < -0.4 is 5.32 Å². The minimum absolute atomic E-state index is 0.240. The fraction of sp³-hybridized carbons (Fsp3) is 0.286. The Morgan fingerprint density at radius 3 is 2.27 bits per heavy atom. The fourth-order valence-electron chi connectivity index (χ4n) is 3.22. The van der Waals surface area contributed by atoms with Gasteiger partial charge in [-0.15, -0.1) is 0 Å². The van der Waals surface area contributed by atoms with Gasteiger partial charge >= 0.3 is 0 Å². The lowest BCUT2D eigenvalue weighted by molar-refractivity contribution is -0.121. The lowest BCUT2D eigenvalue weighted by Gasteiger charge is -2.13. The molecule has 3 amide bonds. The highest BCUT2D eigenvalue weighted by atomic mass is 16.2. The van der Waals surface area contributed by atoms with Crippen molar-refractivity contribution in [2.75, 3.05) is 13.1 Å². The Morgan fingerprint density at radius 2 is 1.65 bits per heavy atom. The van der Waals surface area contributed by atoms with Gasteiger partial charge in [-0.2, -0.15) is 0 Å². The zero-order valence-corrected chi connectivity index (χ0v) is 15.0. The van der Waals surface area contributed by atoms with Crippen molar-refractivity contribution in [3.8, 4) is 0 Å². The number of nitrogens with one attached hydrogen (secondary N) is 1. The summed E-state index contributed by atoms with van der Waals surface area (Å²) in [4.78, 5) is 37.6. The monoisotopic (exact) mass is 350 g/mol. The van der Waals surface area contributed by atoms with Gasteiger partial charge in [0.25, 0.3) is 11.8 Å². The molecule has 1 aliphatic rings. The SMILES string of the molecule is Cc1ccc(CCCNC(=O)CN2C(=O)c3ccccc3C2=O)c(C)c1. The third-order valence-electron chi connectivity index (χ3n) is 4.62. The van der Waals surface area contributed by atoms with E-state index in [1.165, 1.54) is 16.7 Å². The van der Waals surface area contributed by atoms with E-state index in [1.54, 1.807) is 24.3 Å². The Kier molecular flexibility index (Phi) is 5.16. The first-order valence-electron chi connectivity index (χ1n) is 8.75. The Morgan fingerprint density at radius 1 is 1.00 bits per heavy atom. The number of imide groups is 1. The molecule has 2 aromatic rings.